The fourth-order valence-corrected chi connectivity index (χ4v) is 8.44. The van der Waals surface area contributed by atoms with Crippen LogP contribution in [0.2, 0.25) is 0 Å². The van der Waals surface area contributed by atoms with Crippen molar-refractivity contribution in [3.05, 3.63) is 84.2 Å². The summed E-state index contributed by atoms with van der Waals surface area (Å²) in [7, 11) is -7.22. The number of nitrogens with one attached hydrogen (secondary N) is 1. The Morgan fingerprint density at radius 3 is 2.00 bits per heavy atom. The summed E-state index contributed by atoms with van der Waals surface area (Å²) in [6.45, 7) is 1.72. The van der Waals surface area contributed by atoms with Crippen LogP contribution < -0.4 is 11.1 Å². The van der Waals surface area contributed by atoms with Gasteiger partial charge in [-0.2, -0.15) is 5.26 Å². The number of rotatable bonds is 14. The number of nitrogens with zero attached hydrogens (tertiary/aromatic N) is 3. The van der Waals surface area contributed by atoms with Gasteiger partial charge < -0.3 is 11.1 Å². The predicted octanol–water partition coefficient (Wildman–Crippen LogP) is 3.68. The molecule has 2 heterocycles. The second-order valence-corrected chi connectivity index (χ2v) is 15.0. The highest BCUT2D eigenvalue weighted by atomic mass is 32.2. The molecule has 41 heavy (non-hydrogen) atoms. The van der Waals surface area contributed by atoms with E-state index in [0.29, 0.717) is 11.1 Å². The van der Waals surface area contributed by atoms with Crippen LogP contribution in [-0.4, -0.2) is 56.4 Å². The molecule has 3 atom stereocenters. The number of nitrogens with two attached hydrogens (primary N) is 1. The van der Waals surface area contributed by atoms with Crippen molar-refractivity contribution in [2.45, 2.75) is 55.0 Å². The van der Waals surface area contributed by atoms with Gasteiger partial charge in [0.05, 0.1) is 46.2 Å². The molecule has 0 aliphatic carbocycles. The third-order valence-corrected chi connectivity index (χ3v) is 10.8. The third-order valence-electron chi connectivity index (χ3n) is 6.99. The van der Waals surface area contributed by atoms with Crippen LogP contribution in [0.15, 0.2) is 73.1 Å². The lowest BCUT2D eigenvalue weighted by atomic mass is 10.0. The van der Waals surface area contributed by atoms with Gasteiger partial charge in [0.1, 0.15) is 0 Å². The van der Waals surface area contributed by atoms with E-state index in [1.165, 1.54) is 0 Å². The van der Waals surface area contributed by atoms with E-state index in [1.807, 2.05) is 66.7 Å². The number of para-hydroxylation sites is 2. The maximum absolute atomic E-state index is 13.6. The van der Waals surface area contributed by atoms with Crippen molar-refractivity contribution < 1.29 is 16.8 Å². The largest absolute Gasteiger partial charge is 0.328 e. The van der Waals surface area contributed by atoms with E-state index in [1.54, 1.807) is 19.3 Å². The number of hydrogen-bond acceptors (Lipinski definition) is 9. The molecule has 216 valence electrons. The van der Waals surface area contributed by atoms with E-state index >= 15 is 0 Å². The van der Waals surface area contributed by atoms with Crippen LogP contribution in [0.4, 0.5) is 0 Å². The summed E-state index contributed by atoms with van der Waals surface area (Å²) in [5, 5.41) is 13.1. The fourth-order valence-electron chi connectivity index (χ4n) is 5.00. The maximum Gasteiger partial charge on any atom is 0.157 e. The van der Waals surface area contributed by atoms with Crippen molar-refractivity contribution in [3.63, 3.8) is 0 Å². The predicted molar refractivity (Wildman–Crippen MR) is 162 cm³/mol. The molecular formula is C30H35N5O4S2. The van der Waals surface area contributed by atoms with Crippen molar-refractivity contribution in [3.8, 4) is 6.07 Å². The second-order valence-electron chi connectivity index (χ2n) is 10.6. The topological polar surface area (TPSA) is 156 Å². The zero-order valence-electron chi connectivity index (χ0n) is 23.0. The summed E-state index contributed by atoms with van der Waals surface area (Å²) in [5.74, 6) is -0.546. The molecule has 11 heteroatoms. The number of fused-ring (bicyclic) bond motifs is 2. The Balaban J connectivity index is 1.47. The first-order valence-electron chi connectivity index (χ1n) is 13.5. The second kappa shape index (κ2) is 13.5. The highest BCUT2D eigenvalue weighted by molar-refractivity contribution is 7.91. The van der Waals surface area contributed by atoms with Crippen LogP contribution >= 0.6 is 0 Å². The van der Waals surface area contributed by atoms with Crippen molar-refractivity contribution in [1.29, 1.82) is 5.26 Å². The van der Waals surface area contributed by atoms with Crippen molar-refractivity contribution in [2.24, 2.45) is 5.73 Å². The first-order valence-corrected chi connectivity index (χ1v) is 17.0. The van der Waals surface area contributed by atoms with E-state index in [0.717, 1.165) is 21.8 Å². The van der Waals surface area contributed by atoms with E-state index in [2.05, 4.69) is 15.3 Å². The number of sulfone groups is 2. The van der Waals surface area contributed by atoms with Gasteiger partial charge >= 0.3 is 0 Å². The zero-order valence-corrected chi connectivity index (χ0v) is 24.6. The zero-order chi connectivity index (χ0) is 29.5. The first kappa shape index (κ1) is 30.5. The number of aromatic nitrogens is 2. The minimum Gasteiger partial charge on any atom is -0.328 e. The lowest BCUT2D eigenvalue weighted by Gasteiger charge is -2.25. The molecule has 2 aromatic carbocycles. The normalized spacial score (nSPS) is 14.5. The van der Waals surface area contributed by atoms with E-state index in [9.17, 15) is 16.8 Å². The highest BCUT2D eigenvalue weighted by Crippen LogP contribution is 2.23. The Kier molecular flexibility index (Phi) is 10.0. The summed E-state index contributed by atoms with van der Waals surface area (Å²) in [5.41, 5.74) is 8.78. The number of hydrogen-bond donors (Lipinski definition) is 2. The van der Waals surface area contributed by atoms with Gasteiger partial charge in [0.25, 0.3) is 0 Å². The Hall–Kier alpha value is -3.43. The van der Waals surface area contributed by atoms with E-state index in [-0.39, 0.29) is 49.1 Å². The van der Waals surface area contributed by atoms with Gasteiger partial charge in [-0.05, 0) is 61.6 Å². The van der Waals surface area contributed by atoms with Crippen LogP contribution in [-0.2, 0) is 31.2 Å². The number of nitriles is 1. The highest BCUT2D eigenvalue weighted by Gasteiger charge is 2.30. The summed E-state index contributed by atoms with van der Waals surface area (Å²) in [6.07, 6.45) is 3.65. The molecule has 0 aliphatic rings. The molecule has 0 fully saturated rings. The fraction of sp³-hybridized carbons (Fsp3) is 0.367. The van der Waals surface area contributed by atoms with Gasteiger partial charge in [0, 0.05) is 35.2 Å². The molecule has 9 nitrogen and oxygen atoms in total. The molecule has 0 spiro atoms. The van der Waals surface area contributed by atoms with Gasteiger partial charge in [0.15, 0.2) is 19.7 Å². The molecule has 2 unspecified atom stereocenters. The summed E-state index contributed by atoms with van der Waals surface area (Å²) in [6, 6.07) is 19.7. The van der Waals surface area contributed by atoms with Crippen LogP contribution in [0.25, 0.3) is 21.8 Å². The first-order chi connectivity index (χ1) is 19.5. The number of benzene rings is 2. The number of pyridine rings is 2. The third kappa shape index (κ3) is 8.78. The summed E-state index contributed by atoms with van der Waals surface area (Å²) >= 11 is 0. The molecule has 2 aromatic heterocycles. The minimum absolute atomic E-state index is 0.0289. The summed E-state index contributed by atoms with van der Waals surface area (Å²) < 4.78 is 53.4. The lowest BCUT2D eigenvalue weighted by Crippen LogP contribution is -2.39. The molecular weight excluding hydrogens is 558 g/mol. The lowest BCUT2D eigenvalue weighted by molar-refractivity contribution is 0.448. The quantitative estimate of drug-likeness (QED) is 0.208. The molecule has 0 saturated heterocycles. The van der Waals surface area contributed by atoms with Gasteiger partial charge in [-0.3, -0.25) is 9.97 Å². The minimum atomic E-state index is -3.68. The van der Waals surface area contributed by atoms with Crippen molar-refractivity contribution in [1.82, 2.24) is 15.3 Å². The molecule has 0 saturated carbocycles. The van der Waals surface area contributed by atoms with E-state index < -0.39 is 31.0 Å². The molecule has 3 N–H and O–H groups in total. The molecule has 0 radical (unpaired) electrons. The standard InChI is InChI=1S/C30H35N5O4S2/c1-22(32)14-28(41(38,39)21-24-16-26-7-3-5-9-30(26)35-19-24)17-27(33-12-11-31)10-13-40(36,37)20-23-15-25-6-2-4-8-29(25)34-18-23/h2-9,15-16,18-19,22,27-28,33H,10,12-14,17,20-21,32H2,1H3/t22?,27-,28?/m1/s1. The smallest absolute Gasteiger partial charge is 0.157 e. The Morgan fingerprint density at radius 2 is 1.44 bits per heavy atom. The average molecular weight is 594 g/mol. The van der Waals surface area contributed by atoms with Crippen molar-refractivity contribution >= 4 is 41.5 Å². The molecule has 0 aliphatic heterocycles. The Labute approximate surface area is 241 Å². The van der Waals surface area contributed by atoms with Crippen LogP contribution in [0.5, 0.6) is 0 Å². The van der Waals surface area contributed by atoms with Gasteiger partial charge in [-0.15, -0.1) is 0 Å². The van der Waals surface area contributed by atoms with Crippen LogP contribution in [0, 0.1) is 11.3 Å². The SMILES string of the molecule is CC(N)CC(C[C@@H](CCS(=O)(=O)Cc1cnc2ccccc2c1)NCC#N)S(=O)(=O)Cc1cnc2ccccc2c1. The monoisotopic (exact) mass is 593 g/mol. The van der Waals surface area contributed by atoms with Crippen molar-refractivity contribution in [2.75, 3.05) is 12.3 Å². The van der Waals surface area contributed by atoms with Gasteiger partial charge in [-0.1, -0.05) is 36.4 Å². The maximum atomic E-state index is 13.6. The van der Waals surface area contributed by atoms with Crippen LogP contribution in [0.3, 0.4) is 0 Å². The Bertz CT molecular complexity index is 1750. The molecule has 0 amide bonds. The summed E-state index contributed by atoms with van der Waals surface area (Å²) in [4.78, 5) is 8.74. The molecule has 4 aromatic rings. The average Bonchev–Trinajstić information content (AvgIpc) is 2.93. The molecule has 0 bridgehead atoms. The van der Waals surface area contributed by atoms with Crippen LogP contribution in [0.1, 0.15) is 37.3 Å². The Morgan fingerprint density at radius 1 is 0.878 bits per heavy atom. The molecule has 4 rings (SSSR count). The van der Waals surface area contributed by atoms with E-state index in [4.69, 9.17) is 11.0 Å². The van der Waals surface area contributed by atoms with Gasteiger partial charge in [-0.25, -0.2) is 16.8 Å². The van der Waals surface area contributed by atoms with Gasteiger partial charge in [0.2, 0.25) is 0 Å².